The van der Waals surface area contributed by atoms with Gasteiger partial charge in [-0.15, -0.1) is 0 Å². The van der Waals surface area contributed by atoms with Crippen molar-refractivity contribution < 1.29 is 9.53 Å². The van der Waals surface area contributed by atoms with Gasteiger partial charge < -0.3 is 9.64 Å². The molecule has 1 aromatic rings. The smallest absolute Gasteiger partial charge is 0.254 e. The highest BCUT2D eigenvalue weighted by atomic mass is 16.5. The third-order valence-corrected chi connectivity index (χ3v) is 3.62. The molecule has 0 aromatic heterocycles. The molecular formula is C16H23NO2. The highest BCUT2D eigenvalue weighted by molar-refractivity contribution is 5.95. The number of nitrogens with zero attached hydrogens (tertiary/aromatic N) is 1. The van der Waals surface area contributed by atoms with Crippen molar-refractivity contribution in [3.8, 4) is 0 Å². The van der Waals surface area contributed by atoms with Crippen LogP contribution in [0.3, 0.4) is 0 Å². The molecule has 2 rings (SSSR count). The van der Waals surface area contributed by atoms with Crippen molar-refractivity contribution in [2.75, 3.05) is 26.3 Å². The first-order valence-corrected chi connectivity index (χ1v) is 6.88. The minimum absolute atomic E-state index is 0.116. The summed E-state index contributed by atoms with van der Waals surface area (Å²) in [6.07, 6.45) is 0. The second kappa shape index (κ2) is 5.33. The van der Waals surface area contributed by atoms with Crippen LogP contribution in [0.2, 0.25) is 0 Å². The van der Waals surface area contributed by atoms with Gasteiger partial charge in [-0.1, -0.05) is 32.9 Å². The Labute approximate surface area is 115 Å². The highest BCUT2D eigenvalue weighted by Gasteiger charge is 2.21. The minimum atomic E-state index is 0.116. The number of hydrogen-bond donors (Lipinski definition) is 0. The predicted octanol–water partition coefficient (Wildman–Crippen LogP) is 2.76. The number of amides is 1. The molecule has 0 radical (unpaired) electrons. The summed E-state index contributed by atoms with van der Waals surface area (Å²) in [5.74, 6) is 0.126. The average Bonchev–Trinajstić information content (AvgIpc) is 2.38. The average molecular weight is 261 g/mol. The first-order valence-electron chi connectivity index (χ1n) is 6.88. The zero-order valence-corrected chi connectivity index (χ0v) is 12.3. The number of rotatable bonds is 1. The maximum Gasteiger partial charge on any atom is 0.254 e. The summed E-state index contributed by atoms with van der Waals surface area (Å²) in [7, 11) is 0. The van der Waals surface area contributed by atoms with Gasteiger partial charge in [0.05, 0.1) is 13.2 Å². The van der Waals surface area contributed by atoms with Crippen molar-refractivity contribution in [2.45, 2.75) is 33.1 Å². The summed E-state index contributed by atoms with van der Waals surface area (Å²) in [5, 5.41) is 0. The second-order valence-electron chi connectivity index (χ2n) is 6.18. The SMILES string of the molecule is Cc1cc(C(C)(C)C)ccc1C(=O)N1CCOCC1. The predicted molar refractivity (Wildman–Crippen MR) is 76.6 cm³/mol. The monoisotopic (exact) mass is 261 g/mol. The maximum absolute atomic E-state index is 12.5. The molecule has 0 bridgehead atoms. The number of aryl methyl sites for hydroxylation is 1. The molecule has 3 heteroatoms. The summed E-state index contributed by atoms with van der Waals surface area (Å²) < 4.78 is 5.29. The van der Waals surface area contributed by atoms with Crippen molar-refractivity contribution in [3.05, 3.63) is 34.9 Å². The summed E-state index contributed by atoms with van der Waals surface area (Å²) >= 11 is 0. The van der Waals surface area contributed by atoms with Gasteiger partial charge in [0.25, 0.3) is 5.91 Å². The van der Waals surface area contributed by atoms with Crippen LogP contribution in [0, 0.1) is 6.92 Å². The lowest BCUT2D eigenvalue weighted by Gasteiger charge is -2.28. The van der Waals surface area contributed by atoms with Crippen molar-refractivity contribution in [1.82, 2.24) is 4.90 Å². The standard InChI is InChI=1S/C16H23NO2/c1-12-11-13(16(2,3)4)5-6-14(12)15(18)17-7-9-19-10-8-17/h5-6,11H,7-10H2,1-4H3. The zero-order valence-electron chi connectivity index (χ0n) is 12.3. The van der Waals surface area contributed by atoms with Crippen molar-refractivity contribution in [3.63, 3.8) is 0 Å². The van der Waals surface area contributed by atoms with Gasteiger partial charge >= 0.3 is 0 Å². The molecule has 1 aliphatic rings. The molecule has 0 aliphatic carbocycles. The summed E-state index contributed by atoms with van der Waals surface area (Å²) in [6.45, 7) is 11.2. The molecule has 0 atom stereocenters. The van der Waals surface area contributed by atoms with Crippen LogP contribution < -0.4 is 0 Å². The zero-order chi connectivity index (χ0) is 14.0. The first kappa shape index (κ1) is 14.1. The van der Waals surface area contributed by atoms with E-state index in [1.165, 1.54) is 5.56 Å². The van der Waals surface area contributed by atoms with E-state index >= 15 is 0 Å². The number of hydrogen-bond acceptors (Lipinski definition) is 2. The van der Waals surface area contributed by atoms with Gasteiger partial charge in [0, 0.05) is 18.7 Å². The molecule has 3 nitrogen and oxygen atoms in total. The fourth-order valence-electron chi connectivity index (χ4n) is 2.31. The summed E-state index contributed by atoms with van der Waals surface area (Å²) in [5.41, 5.74) is 3.26. The van der Waals surface area contributed by atoms with Gasteiger partial charge in [0.2, 0.25) is 0 Å². The Morgan fingerprint density at radius 1 is 1.21 bits per heavy atom. The van der Waals surface area contributed by atoms with E-state index in [2.05, 4.69) is 32.9 Å². The molecule has 1 saturated heterocycles. The Morgan fingerprint density at radius 2 is 1.84 bits per heavy atom. The van der Waals surface area contributed by atoms with Crippen LogP contribution in [-0.4, -0.2) is 37.1 Å². The molecule has 0 unspecified atom stereocenters. The molecule has 1 amide bonds. The van der Waals surface area contributed by atoms with Gasteiger partial charge in [0.1, 0.15) is 0 Å². The van der Waals surface area contributed by atoms with Gasteiger partial charge in [-0.25, -0.2) is 0 Å². The number of morpholine rings is 1. The van der Waals surface area contributed by atoms with E-state index in [-0.39, 0.29) is 11.3 Å². The van der Waals surface area contributed by atoms with E-state index in [1.807, 2.05) is 17.9 Å². The number of ether oxygens (including phenoxy) is 1. The third-order valence-electron chi connectivity index (χ3n) is 3.62. The lowest BCUT2D eigenvalue weighted by molar-refractivity contribution is 0.0302. The van der Waals surface area contributed by atoms with Crippen LogP contribution in [0.4, 0.5) is 0 Å². The first-order chi connectivity index (χ1) is 8.89. The van der Waals surface area contributed by atoms with Crippen LogP contribution in [0.5, 0.6) is 0 Å². The van der Waals surface area contributed by atoms with Gasteiger partial charge in [-0.2, -0.15) is 0 Å². The molecule has 0 spiro atoms. The number of carbonyl (C=O) groups excluding carboxylic acids is 1. The largest absolute Gasteiger partial charge is 0.378 e. The summed E-state index contributed by atoms with van der Waals surface area (Å²) in [6, 6.07) is 6.17. The lowest BCUT2D eigenvalue weighted by Crippen LogP contribution is -2.41. The Bertz CT molecular complexity index is 468. The lowest BCUT2D eigenvalue weighted by atomic mass is 9.85. The Hall–Kier alpha value is -1.35. The molecule has 0 saturated carbocycles. The van der Waals surface area contributed by atoms with Crippen LogP contribution in [0.1, 0.15) is 42.3 Å². The van der Waals surface area contributed by atoms with Crippen LogP contribution >= 0.6 is 0 Å². The highest BCUT2D eigenvalue weighted by Crippen LogP contribution is 2.25. The molecule has 1 aromatic carbocycles. The van der Waals surface area contributed by atoms with Crippen LogP contribution in [0.15, 0.2) is 18.2 Å². The van der Waals surface area contributed by atoms with Gasteiger partial charge in [-0.05, 0) is 29.5 Å². The van der Waals surface area contributed by atoms with E-state index in [1.54, 1.807) is 0 Å². The quantitative estimate of drug-likeness (QED) is 0.778. The number of benzene rings is 1. The van der Waals surface area contributed by atoms with Gasteiger partial charge in [0.15, 0.2) is 0 Å². The second-order valence-corrected chi connectivity index (χ2v) is 6.18. The Kier molecular flexibility index (Phi) is 3.95. The third kappa shape index (κ3) is 3.16. The molecule has 1 heterocycles. The fourth-order valence-corrected chi connectivity index (χ4v) is 2.31. The van der Waals surface area contributed by atoms with Crippen molar-refractivity contribution >= 4 is 5.91 Å². The van der Waals surface area contributed by atoms with E-state index < -0.39 is 0 Å². The van der Waals surface area contributed by atoms with Crippen LogP contribution in [-0.2, 0) is 10.2 Å². The van der Waals surface area contributed by atoms with E-state index in [9.17, 15) is 4.79 Å². The molecule has 19 heavy (non-hydrogen) atoms. The normalized spacial score (nSPS) is 16.5. The van der Waals surface area contributed by atoms with Crippen LogP contribution in [0.25, 0.3) is 0 Å². The minimum Gasteiger partial charge on any atom is -0.378 e. The fraction of sp³-hybridized carbons (Fsp3) is 0.562. The molecule has 0 N–H and O–H groups in total. The van der Waals surface area contributed by atoms with E-state index in [0.29, 0.717) is 26.3 Å². The van der Waals surface area contributed by atoms with Crippen molar-refractivity contribution in [2.24, 2.45) is 0 Å². The van der Waals surface area contributed by atoms with E-state index in [4.69, 9.17) is 4.74 Å². The molecular weight excluding hydrogens is 238 g/mol. The topological polar surface area (TPSA) is 29.5 Å². The molecule has 104 valence electrons. The van der Waals surface area contributed by atoms with Gasteiger partial charge in [-0.3, -0.25) is 4.79 Å². The Balaban J connectivity index is 2.23. The Morgan fingerprint density at radius 3 is 2.37 bits per heavy atom. The molecule has 1 fully saturated rings. The van der Waals surface area contributed by atoms with Crippen molar-refractivity contribution in [1.29, 1.82) is 0 Å². The molecule has 1 aliphatic heterocycles. The summed E-state index contributed by atoms with van der Waals surface area (Å²) in [4.78, 5) is 14.3. The van der Waals surface area contributed by atoms with E-state index in [0.717, 1.165) is 11.1 Å². The maximum atomic E-state index is 12.5. The number of carbonyl (C=O) groups is 1.